The number of carbonyl (C=O) groups excluding carboxylic acids is 2. The molecule has 2 amide bonds. The SMILES string of the molecule is Cc1ccccc1N1CC(C(=O)NCc2ccccc2Cl)CC1=O. The van der Waals surface area contributed by atoms with Crippen LogP contribution in [0.5, 0.6) is 0 Å². The van der Waals surface area contributed by atoms with Crippen LogP contribution in [-0.2, 0) is 16.1 Å². The summed E-state index contributed by atoms with van der Waals surface area (Å²) < 4.78 is 0. The molecule has 4 nitrogen and oxygen atoms in total. The standard InChI is InChI=1S/C19H19ClN2O2/c1-13-6-2-5-9-17(13)22-12-15(10-18(22)23)19(24)21-11-14-7-3-4-8-16(14)20/h2-9,15H,10-12H2,1H3,(H,21,24). The fraction of sp³-hybridized carbons (Fsp3) is 0.263. The Balaban J connectivity index is 1.64. The summed E-state index contributed by atoms with van der Waals surface area (Å²) >= 11 is 6.10. The van der Waals surface area contributed by atoms with Crippen molar-refractivity contribution in [3.63, 3.8) is 0 Å². The fourth-order valence-electron chi connectivity index (χ4n) is 2.95. The maximum Gasteiger partial charge on any atom is 0.227 e. The van der Waals surface area contributed by atoms with E-state index in [1.54, 1.807) is 11.0 Å². The van der Waals surface area contributed by atoms with E-state index in [2.05, 4.69) is 5.32 Å². The van der Waals surface area contributed by atoms with Gasteiger partial charge in [-0.05, 0) is 30.2 Å². The van der Waals surface area contributed by atoms with E-state index in [1.165, 1.54) is 0 Å². The van der Waals surface area contributed by atoms with Crippen molar-refractivity contribution in [1.82, 2.24) is 5.32 Å². The highest BCUT2D eigenvalue weighted by Crippen LogP contribution is 2.27. The lowest BCUT2D eigenvalue weighted by atomic mass is 10.1. The van der Waals surface area contributed by atoms with Crippen LogP contribution in [-0.4, -0.2) is 18.4 Å². The number of carbonyl (C=O) groups is 2. The van der Waals surface area contributed by atoms with Gasteiger partial charge in [0.25, 0.3) is 0 Å². The molecule has 1 heterocycles. The lowest BCUT2D eigenvalue weighted by molar-refractivity contribution is -0.126. The van der Waals surface area contributed by atoms with Crippen LogP contribution in [0.3, 0.4) is 0 Å². The highest BCUT2D eigenvalue weighted by Gasteiger charge is 2.35. The number of aryl methyl sites for hydroxylation is 1. The minimum Gasteiger partial charge on any atom is -0.352 e. The first-order valence-electron chi connectivity index (χ1n) is 7.93. The first-order valence-corrected chi connectivity index (χ1v) is 8.31. The number of hydrogen-bond donors (Lipinski definition) is 1. The zero-order valence-electron chi connectivity index (χ0n) is 13.5. The van der Waals surface area contributed by atoms with Crippen LogP contribution in [0.25, 0.3) is 0 Å². The van der Waals surface area contributed by atoms with E-state index in [1.807, 2.05) is 49.4 Å². The Labute approximate surface area is 146 Å². The van der Waals surface area contributed by atoms with Crippen LogP contribution in [0.4, 0.5) is 5.69 Å². The number of amides is 2. The van der Waals surface area contributed by atoms with Crippen molar-refractivity contribution >= 4 is 29.1 Å². The molecule has 24 heavy (non-hydrogen) atoms. The van der Waals surface area contributed by atoms with Crippen LogP contribution < -0.4 is 10.2 Å². The van der Waals surface area contributed by atoms with Crippen molar-refractivity contribution in [2.24, 2.45) is 5.92 Å². The average Bonchev–Trinajstić information content (AvgIpc) is 2.96. The molecule has 0 aromatic heterocycles. The van der Waals surface area contributed by atoms with Crippen molar-refractivity contribution in [3.05, 3.63) is 64.7 Å². The third kappa shape index (κ3) is 3.44. The monoisotopic (exact) mass is 342 g/mol. The summed E-state index contributed by atoms with van der Waals surface area (Å²) in [6, 6.07) is 15.1. The van der Waals surface area contributed by atoms with Gasteiger partial charge < -0.3 is 10.2 Å². The molecular weight excluding hydrogens is 324 g/mol. The van der Waals surface area contributed by atoms with Crippen molar-refractivity contribution in [2.75, 3.05) is 11.4 Å². The molecule has 1 N–H and O–H groups in total. The predicted molar refractivity (Wildman–Crippen MR) is 94.9 cm³/mol. The summed E-state index contributed by atoms with van der Waals surface area (Å²) in [6.45, 7) is 2.75. The molecule has 0 radical (unpaired) electrons. The molecule has 3 rings (SSSR count). The molecule has 2 aromatic carbocycles. The molecule has 1 atom stereocenters. The van der Waals surface area contributed by atoms with Crippen molar-refractivity contribution in [2.45, 2.75) is 19.9 Å². The van der Waals surface area contributed by atoms with Crippen LogP contribution in [0, 0.1) is 12.8 Å². The van der Waals surface area contributed by atoms with Gasteiger partial charge in [-0.3, -0.25) is 9.59 Å². The van der Waals surface area contributed by atoms with E-state index in [0.717, 1.165) is 16.8 Å². The van der Waals surface area contributed by atoms with Crippen molar-refractivity contribution in [1.29, 1.82) is 0 Å². The molecule has 0 aliphatic carbocycles. The van der Waals surface area contributed by atoms with Gasteiger partial charge in [-0.2, -0.15) is 0 Å². The largest absolute Gasteiger partial charge is 0.352 e. The second kappa shape index (κ2) is 7.05. The van der Waals surface area contributed by atoms with E-state index < -0.39 is 0 Å². The maximum atomic E-state index is 12.4. The Bertz CT molecular complexity index is 775. The molecule has 1 unspecified atom stereocenters. The number of rotatable bonds is 4. The highest BCUT2D eigenvalue weighted by atomic mass is 35.5. The van der Waals surface area contributed by atoms with Gasteiger partial charge in [0.2, 0.25) is 11.8 Å². The van der Waals surface area contributed by atoms with Crippen LogP contribution in [0.2, 0.25) is 5.02 Å². The summed E-state index contributed by atoms with van der Waals surface area (Å²) in [6.07, 6.45) is 0.239. The molecule has 2 aromatic rings. The number of nitrogens with one attached hydrogen (secondary N) is 1. The first-order chi connectivity index (χ1) is 11.6. The molecule has 1 aliphatic rings. The quantitative estimate of drug-likeness (QED) is 0.926. The van der Waals surface area contributed by atoms with E-state index in [-0.39, 0.29) is 24.2 Å². The number of halogens is 1. The number of para-hydroxylation sites is 1. The zero-order chi connectivity index (χ0) is 17.1. The highest BCUT2D eigenvalue weighted by molar-refractivity contribution is 6.31. The minimum atomic E-state index is -0.334. The van der Waals surface area contributed by atoms with Gasteiger partial charge in [-0.25, -0.2) is 0 Å². The molecule has 0 spiro atoms. The Morgan fingerprint density at radius 3 is 2.67 bits per heavy atom. The third-order valence-electron chi connectivity index (χ3n) is 4.31. The van der Waals surface area contributed by atoms with Crippen LogP contribution in [0.1, 0.15) is 17.5 Å². The molecule has 0 saturated carbocycles. The Morgan fingerprint density at radius 1 is 1.21 bits per heavy atom. The average molecular weight is 343 g/mol. The van der Waals surface area contributed by atoms with E-state index >= 15 is 0 Å². The van der Waals surface area contributed by atoms with E-state index in [9.17, 15) is 9.59 Å². The molecule has 5 heteroatoms. The summed E-state index contributed by atoms with van der Waals surface area (Å²) in [7, 11) is 0. The van der Waals surface area contributed by atoms with Gasteiger partial charge in [0.15, 0.2) is 0 Å². The van der Waals surface area contributed by atoms with Gasteiger partial charge >= 0.3 is 0 Å². The van der Waals surface area contributed by atoms with Crippen LogP contribution in [0.15, 0.2) is 48.5 Å². The molecular formula is C19H19ClN2O2. The van der Waals surface area contributed by atoms with Crippen molar-refractivity contribution < 1.29 is 9.59 Å². The lowest BCUT2D eigenvalue weighted by Gasteiger charge is -2.19. The summed E-state index contributed by atoms with van der Waals surface area (Å²) in [5.74, 6) is -0.457. The minimum absolute atomic E-state index is 0.0119. The summed E-state index contributed by atoms with van der Waals surface area (Å²) in [5.41, 5.74) is 2.78. The van der Waals surface area contributed by atoms with Gasteiger partial charge in [-0.15, -0.1) is 0 Å². The predicted octanol–water partition coefficient (Wildman–Crippen LogP) is 3.32. The van der Waals surface area contributed by atoms with Gasteiger partial charge in [0.05, 0.1) is 5.92 Å². The molecule has 0 bridgehead atoms. The molecule has 1 fully saturated rings. The smallest absolute Gasteiger partial charge is 0.227 e. The first kappa shape index (κ1) is 16.5. The topological polar surface area (TPSA) is 49.4 Å². The maximum absolute atomic E-state index is 12.4. The second-order valence-corrected chi connectivity index (χ2v) is 6.41. The van der Waals surface area contributed by atoms with Crippen molar-refractivity contribution in [3.8, 4) is 0 Å². The summed E-state index contributed by atoms with van der Waals surface area (Å²) in [5, 5.41) is 3.51. The number of hydrogen-bond acceptors (Lipinski definition) is 2. The second-order valence-electron chi connectivity index (χ2n) is 6.00. The fourth-order valence-corrected chi connectivity index (χ4v) is 3.15. The van der Waals surface area contributed by atoms with Crippen LogP contribution >= 0.6 is 11.6 Å². The third-order valence-corrected chi connectivity index (χ3v) is 4.68. The van der Waals surface area contributed by atoms with Gasteiger partial charge in [-0.1, -0.05) is 48.0 Å². The normalized spacial score (nSPS) is 17.2. The zero-order valence-corrected chi connectivity index (χ0v) is 14.2. The molecule has 124 valence electrons. The van der Waals surface area contributed by atoms with Gasteiger partial charge in [0, 0.05) is 30.2 Å². The Morgan fingerprint density at radius 2 is 1.92 bits per heavy atom. The molecule has 1 saturated heterocycles. The molecule has 1 aliphatic heterocycles. The number of benzene rings is 2. The van der Waals surface area contributed by atoms with E-state index in [4.69, 9.17) is 11.6 Å². The van der Waals surface area contributed by atoms with E-state index in [0.29, 0.717) is 18.1 Å². The number of anilines is 1. The van der Waals surface area contributed by atoms with Gasteiger partial charge in [0.1, 0.15) is 0 Å². The lowest BCUT2D eigenvalue weighted by Crippen LogP contribution is -2.32. The summed E-state index contributed by atoms with van der Waals surface area (Å²) in [4.78, 5) is 26.4. The Kier molecular flexibility index (Phi) is 4.86. The number of nitrogens with zero attached hydrogens (tertiary/aromatic N) is 1. The Hall–Kier alpha value is -2.33.